The molecule has 0 atom stereocenters. The molecule has 3 N–H and O–H groups in total. The van der Waals surface area contributed by atoms with Crippen molar-refractivity contribution in [2.24, 2.45) is 0 Å². The molecule has 3 aromatic rings. The average molecular weight is 415 g/mol. The average Bonchev–Trinajstić information content (AvgIpc) is 3.08. The van der Waals surface area contributed by atoms with Crippen molar-refractivity contribution in [3.05, 3.63) is 41.5 Å². The predicted molar refractivity (Wildman–Crippen MR) is 116 cm³/mol. The zero-order valence-electron chi connectivity index (χ0n) is 16.5. The van der Waals surface area contributed by atoms with Crippen molar-refractivity contribution in [3.8, 4) is 11.1 Å². The van der Waals surface area contributed by atoms with Crippen LogP contribution in [-0.4, -0.2) is 63.8 Å². The number of rotatable bonds is 10. The van der Waals surface area contributed by atoms with Gasteiger partial charge in [0.05, 0.1) is 18.6 Å². The Morgan fingerprint density at radius 2 is 1.86 bits per heavy atom. The maximum absolute atomic E-state index is 12.2. The molecule has 154 valence electrons. The van der Waals surface area contributed by atoms with Crippen LogP contribution in [0.15, 0.2) is 36.7 Å². The molecule has 3 rings (SSSR count). The number of hydrogen-bond acceptors (Lipinski definition) is 7. The number of aliphatic hydroxyl groups is 2. The molecule has 1 aromatic carbocycles. The highest BCUT2D eigenvalue weighted by Crippen LogP contribution is 2.40. The van der Waals surface area contributed by atoms with Crippen molar-refractivity contribution in [1.82, 2.24) is 14.9 Å². The van der Waals surface area contributed by atoms with Gasteiger partial charge in [0.2, 0.25) is 5.91 Å². The van der Waals surface area contributed by atoms with E-state index in [1.54, 1.807) is 17.7 Å². The zero-order valence-corrected chi connectivity index (χ0v) is 17.3. The molecule has 0 aliphatic heterocycles. The van der Waals surface area contributed by atoms with Gasteiger partial charge in [-0.05, 0) is 18.9 Å². The summed E-state index contributed by atoms with van der Waals surface area (Å²) in [5.74, 6) is 0.701. The minimum absolute atomic E-state index is 0.0703. The van der Waals surface area contributed by atoms with E-state index in [4.69, 9.17) is 10.2 Å². The first-order valence-electron chi connectivity index (χ1n) is 9.68. The molecule has 0 aliphatic carbocycles. The van der Waals surface area contributed by atoms with E-state index in [0.29, 0.717) is 19.4 Å². The fourth-order valence-electron chi connectivity index (χ4n) is 3.34. The van der Waals surface area contributed by atoms with Gasteiger partial charge < -0.3 is 20.4 Å². The van der Waals surface area contributed by atoms with Gasteiger partial charge in [-0.2, -0.15) is 0 Å². The fraction of sp³-hybridized carbons (Fsp3) is 0.381. The number of carbonyl (C=O) groups is 1. The van der Waals surface area contributed by atoms with E-state index in [0.717, 1.165) is 27.2 Å². The number of amides is 1. The highest BCUT2D eigenvalue weighted by molar-refractivity contribution is 7.19. The van der Waals surface area contributed by atoms with E-state index in [1.807, 2.05) is 18.2 Å². The van der Waals surface area contributed by atoms with Gasteiger partial charge in [-0.25, -0.2) is 9.97 Å². The van der Waals surface area contributed by atoms with Crippen LogP contribution in [0.4, 0.5) is 5.82 Å². The zero-order chi connectivity index (χ0) is 20.6. The molecule has 0 bridgehead atoms. The van der Waals surface area contributed by atoms with Crippen LogP contribution < -0.4 is 5.32 Å². The van der Waals surface area contributed by atoms with E-state index in [1.165, 1.54) is 9.78 Å². The third kappa shape index (κ3) is 5.09. The monoisotopic (exact) mass is 414 g/mol. The Balaban J connectivity index is 1.70. The number of aryl methyl sites for hydroxylation is 1. The van der Waals surface area contributed by atoms with Crippen molar-refractivity contribution in [2.75, 3.05) is 38.2 Å². The number of nitrogens with zero attached hydrogens (tertiary/aromatic N) is 3. The lowest BCUT2D eigenvalue weighted by atomic mass is 10.0. The van der Waals surface area contributed by atoms with Crippen LogP contribution in [0.1, 0.15) is 17.7 Å². The van der Waals surface area contributed by atoms with E-state index < -0.39 is 0 Å². The lowest BCUT2D eigenvalue weighted by Gasteiger charge is -2.20. The number of hydrogen-bond donors (Lipinski definition) is 3. The lowest BCUT2D eigenvalue weighted by Crippen LogP contribution is -2.35. The summed E-state index contributed by atoms with van der Waals surface area (Å²) in [6.45, 7) is 2.95. The number of benzene rings is 1. The third-order valence-corrected chi connectivity index (χ3v) is 5.69. The SMILES string of the molecule is Cc1sc2ncnc(NCCCC(=O)N(CCO)CCO)c2c1-c1ccccc1. The van der Waals surface area contributed by atoms with Crippen LogP contribution in [-0.2, 0) is 4.79 Å². The van der Waals surface area contributed by atoms with Crippen LogP contribution in [0, 0.1) is 6.92 Å². The topological polar surface area (TPSA) is 98.6 Å². The summed E-state index contributed by atoms with van der Waals surface area (Å²) in [6, 6.07) is 10.2. The highest BCUT2D eigenvalue weighted by Gasteiger charge is 2.17. The molecule has 29 heavy (non-hydrogen) atoms. The molecule has 0 fully saturated rings. The highest BCUT2D eigenvalue weighted by atomic mass is 32.1. The van der Waals surface area contributed by atoms with Gasteiger partial charge in [0.1, 0.15) is 17.0 Å². The number of aromatic nitrogens is 2. The summed E-state index contributed by atoms with van der Waals surface area (Å²) in [5, 5.41) is 22.5. The lowest BCUT2D eigenvalue weighted by molar-refractivity contribution is -0.132. The molecule has 0 radical (unpaired) electrons. The normalized spacial score (nSPS) is 11.0. The molecule has 0 saturated heterocycles. The van der Waals surface area contributed by atoms with Gasteiger partial charge in [-0.15, -0.1) is 11.3 Å². The fourth-order valence-corrected chi connectivity index (χ4v) is 4.35. The van der Waals surface area contributed by atoms with Crippen molar-refractivity contribution >= 4 is 33.3 Å². The Labute approximate surface area is 174 Å². The number of nitrogens with one attached hydrogen (secondary N) is 1. The first-order chi connectivity index (χ1) is 14.2. The molecular weight excluding hydrogens is 388 g/mol. The Morgan fingerprint density at radius 3 is 2.55 bits per heavy atom. The largest absolute Gasteiger partial charge is 0.395 e. The van der Waals surface area contributed by atoms with Gasteiger partial charge >= 0.3 is 0 Å². The quantitative estimate of drug-likeness (QED) is 0.441. The van der Waals surface area contributed by atoms with E-state index in [9.17, 15) is 4.79 Å². The summed E-state index contributed by atoms with van der Waals surface area (Å²) in [7, 11) is 0. The number of anilines is 1. The minimum Gasteiger partial charge on any atom is -0.395 e. The molecule has 1 amide bonds. The number of aliphatic hydroxyl groups excluding tert-OH is 2. The summed E-state index contributed by atoms with van der Waals surface area (Å²) in [6.07, 6.45) is 2.53. The second-order valence-corrected chi connectivity index (χ2v) is 7.86. The van der Waals surface area contributed by atoms with Crippen LogP contribution >= 0.6 is 11.3 Å². The van der Waals surface area contributed by atoms with Gasteiger partial charge in [0.15, 0.2) is 0 Å². The molecule has 2 heterocycles. The molecule has 0 aliphatic rings. The molecule has 2 aromatic heterocycles. The first kappa shape index (κ1) is 21.2. The van der Waals surface area contributed by atoms with Crippen LogP contribution in [0.3, 0.4) is 0 Å². The molecule has 8 heteroatoms. The van der Waals surface area contributed by atoms with Crippen molar-refractivity contribution in [1.29, 1.82) is 0 Å². The minimum atomic E-state index is -0.108. The third-order valence-electron chi connectivity index (χ3n) is 4.68. The maximum atomic E-state index is 12.2. The van der Waals surface area contributed by atoms with Crippen LogP contribution in [0.2, 0.25) is 0 Å². The Kier molecular flexibility index (Phi) is 7.51. The van der Waals surface area contributed by atoms with Gasteiger partial charge in [0, 0.05) is 36.5 Å². The van der Waals surface area contributed by atoms with Gasteiger partial charge in [0.25, 0.3) is 0 Å². The predicted octanol–water partition coefficient (Wildman–Crippen LogP) is 2.67. The van der Waals surface area contributed by atoms with Gasteiger partial charge in [-0.3, -0.25) is 4.79 Å². The number of thiophene rings is 1. The second kappa shape index (κ2) is 10.3. The maximum Gasteiger partial charge on any atom is 0.222 e. The summed E-state index contributed by atoms with van der Waals surface area (Å²) < 4.78 is 0. The van der Waals surface area contributed by atoms with E-state index in [2.05, 4.69) is 34.3 Å². The van der Waals surface area contributed by atoms with Crippen LogP contribution in [0.5, 0.6) is 0 Å². The summed E-state index contributed by atoms with van der Waals surface area (Å²) in [5.41, 5.74) is 2.27. The smallest absolute Gasteiger partial charge is 0.222 e. The molecule has 0 unspecified atom stereocenters. The van der Waals surface area contributed by atoms with Crippen molar-refractivity contribution < 1.29 is 15.0 Å². The number of carbonyl (C=O) groups excluding carboxylic acids is 1. The second-order valence-electron chi connectivity index (χ2n) is 6.66. The molecule has 0 spiro atoms. The van der Waals surface area contributed by atoms with E-state index in [-0.39, 0.29) is 32.2 Å². The number of fused-ring (bicyclic) bond motifs is 1. The van der Waals surface area contributed by atoms with Gasteiger partial charge in [-0.1, -0.05) is 30.3 Å². The van der Waals surface area contributed by atoms with Crippen LogP contribution in [0.25, 0.3) is 21.3 Å². The molecule has 0 saturated carbocycles. The first-order valence-corrected chi connectivity index (χ1v) is 10.5. The van der Waals surface area contributed by atoms with Crippen molar-refractivity contribution in [2.45, 2.75) is 19.8 Å². The Morgan fingerprint density at radius 1 is 1.14 bits per heavy atom. The molecular formula is C21H26N4O3S. The Hall–Kier alpha value is -2.55. The van der Waals surface area contributed by atoms with E-state index >= 15 is 0 Å². The summed E-state index contributed by atoms with van der Waals surface area (Å²) in [4.78, 5) is 24.7. The Bertz CT molecular complexity index is 940. The standard InChI is InChI=1S/C21H26N4O3S/c1-15-18(16-6-3-2-4-7-16)19-20(23-14-24-21(19)29-15)22-9-5-8-17(28)25(10-12-26)11-13-27/h2-4,6-7,14,26-27H,5,8-13H2,1H3,(H,22,23,24). The molecule has 7 nitrogen and oxygen atoms in total. The van der Waals surface area contributed by atoms with Crippen molar-refractivity contribution in [3.63, 3.8) is 0 Å². The summed E-state index contributed by atoms with van der Waals surface area (Å²) >= 11 is 1.65.